The lowest BCUT2D eigenvalue weighted by molar-refractivity contribution is -0.135. The van der Waals surface area contributed by atoms with Crippen molar-refractivity contribution in [1.29, 1.82) is 0 Å². The highest BCUT2D eigenvalue weighted by atomic mass is 35.5. The number of hydrogen-bond acceptors (Lipinski definition) is 13. The fourth-order valence-corrected chi connectivity index (χ4v) is 19.2. The van der Waals surface area contributed by atoms with Crippen molar-refractivity contribution in [3.05, 3.63) is 297 Å². The standard InChI is InChI=1S/C37H41ClN4O3.C36H45ClN4O2.C34H43ClN4O3/c38-32-14-13-29-23-31(12-11-30(29)24-32)36(43)39-25-33-15-18-42(37(44)35(40-33)16-17-41-19-21-45-22-20-41)26-34(27-7-3-1-4-8-27)28-9-5-2-6-10-28;1-2-27(28-11-5-3-6-12-28)26-41-24-19-31(39-34(36(41)43)20-23-40-21-9-4-10-22-40)25-38-35(42)33-14-8-7-13-32(33)29-15-17-30(37)18-16-29;1-5-25(26-9-7-6-8-10-26)22-38-17-15-31(37-32(34(38)42)16-18-39(23(2)3)24(4)40)21-36-33(41)29-12-11-28-20-30(35)14-13-27(28)19-29/h1-14,23-24,33-35,40H,15-22,25-26H2,(H,39,43);3,5-8,11-18,27,31,34,39H,2,4,9-10,19-26H2,1H3,(H,38,42);6-14,19-20,23,25,31-32,37H,5,15-18,21-22H2,1-4H3,(H,36,41)/t33-,35-;27-,31+,34+;25-,31+,32+/m011/s1. The molecule has 20 nitrogen and oxygen atoms in total. The van der Waals surface area contributed by atoms with Crippen molar-refractivity contribution in [1.82, 2.24) is 61.3 Å². The third kappa shape index (κ3) is 27.9. The van der Waals surface area contributed by atoms with Gasteiger partial charge >= 0.3 is 0 Å². The van der Waals surface area contributed by atoms with Crippen molar-refractivity contribution in [3.8, 4) is 11.1 Å². The molecule has 5 aliphatic heterocycles. The number of rotatable bonds is 32. The number of likely N-dealkylation sites (tertiary alicyclic amines) is 1. The number of nitrogens with zero attached hydrogens (tertiary/aromatic N) is 6. The fraction of sp³-hybridized carbons (Fsp3) is 0.411. The number of fused-ring (bicyclic) bond motifs is 2. The first-order valence-corrected chi connectivity index (χ1v) is 48.1. The Morgan fingerprint density at radius 3 is 1.25 bits per heavy atom. The maximum atomic E-state index is 14.2. The van der Waals surface area contributed by atoms with Crippen molar-refractivity contribution in [3.63, 3.8) is 0 Å². The number of halogens is 3. The first-order valence-electron chi connectivity index (χ1n) is 46.9. The number of benzene rings is 10. The van der Waals surface area contributed by atoms with Crippen LogP contribution in [0.5, 0.6) is 0 Å². The largest absolute Gasteiger partial charge is 0.379 e. The lowest BCUT2D eigenvalue weighted by atomic mass is 9.90. The Labute approximate surface area is 783 Å². The normalized spacial score (nSPS) is 19.4. The minimum atomic E-state index is -0.450. The van der Waals surface area contributed by atoms with Gasteiger partial charge in [0.15, 0.2) is 0 Å². The average molecular weight is 1820 g/mol. The van der Waals surface area contributed by atoms with Crippen LogP contribution in [0.4, 0.5) is 0 Å². The lowest BCUT2D eigenvalue weighted by Crippen LogP contribution is -2.51. The van der Waals surface area contributed by atoms with Crippen LogP contribution in [0.15, 0.2) is 243 Å². The van der Waals surface area contributed by atoms with Crippen molar-refractivity contribution in [2.24, 2.45) is 0 Å². The molecular formula is C107H129Cl3N12O8. The maximum absolute atomic E-state index is 14.2. The monoisotopic (exact) mass is 1810 g/mol. The van der Waals surface area contributed by atoms with Crippen LogP contribution in [0.25, 0.3) is 32.7 Å². The highest BCUT2D eigenvalue weighted by Crippen LogP contribution is 2.32. The van der Waals surface area contributed by atoms with Crippen molar-refractivity contribution in [2.75, 3.05) is 118 Å². The van der Waals surface area contributed by atoms with E-state index < -0.39 is 6.04 Å². The molecule has 130 heavy (non-hydrogen) atoms. The Kier molecular flexibility index (Phi) is 36.8. The van der Waals surface area contributed by atoms with Crippen LogP contribution in [0.1, 0.15) is 176 Å². The number of hydrogen-bond donors (Lipinski definition) is 6. The van der Waals surface area contributed by atoms with E-state index in [4.69, 9.17) is 39.5 Å². The quantitative estimate of drug-likeness (QED) is 0.0231. The van der Waals surface area contributed by atoms with Crippen LogP contribution in [-0.2, 0) is 23.9 Å². The van der Waals surface area contributed by atoms with Crippen LogP contribution < -0.4 is 31.9 Å². The molecule has 10 aromatic rings. The molecule has 0 unspecified atom stereocenters. The fourth-order valence-electron chi connectivity index (χ4n) is 18.7. The zero-order valence-electron chi connectivity index (χ0n) is 76.0. The van der Waals surface area contributed by atoms with Gasteiger partial charge in [0, 0.05) is 172 Å². The Bertz CT molecular complexity index is 5280. The molecule has 5 saturated heterocycles. The summed E-state index contributed by atoms with van der Waals surface area (Å²) in [6.07, 6.45) is 9.90. The second-order valence-corrected chi connectivity index (χ2v) is 36.8. The maximum Gasteiger partial charge on any atom is 0.251 e. The number of piperidine rings is 1. The van der Waals surface area contributed by atoms with E-state index in [0.717, 1.165) is 124 Å². The molecule has 10 aromatic carbocycles. The van der Waals surface area contributed by atoms with Gasteiger partial charge in [0.25, 0.3) is 17.7 Å². The Morgan fingerprint density at radius 1 is 0.423 bits per heavy atom. The number of ether oxygens (including phenoxy) is 1. The second-order valence-electron chi connectivity index (χ2n) is 35.5. The molecule has 0 radical (unpaired) electrons. The molecule has 686 valence electrons. The molecule has 0 spiro atoms. The number of morpholine rings is 1. The van der Waals surface area contributed by atoms with Gasteiger partial charge in [0.05, 0.1) is 31.3 Å². The van der Waals surface area contributed by atoms with Crippen LogP contribution in [0, 0.1) is 0 Å². The van der Waals surface area contributed by atoms with E-state index in [1.807, 2.05) is 175 Å². The SMILES string of the molecule is CC[C@H](CN1CC[C@@H](CNC(=O)c2ccc3cc(Cl)ccc3c2)N[C@@H](CCN(C(C)=O)C(C)C)C1=O)c1ccccc1.CC[C@H](CN1CC[C@@H](CNC(=O)c2ccccc2-c2ccc(Cl)cc2)N[C@@H](CCN2CCCCC2)C1=O)c1ccccc1.O=C(NC[C@@H]1CCN(CC(c2ccccc2)c2ccccc2)C(=O)[C@H](CCN2CCOCC2)N1)c1ccc2cc(Cl)ccc2c1. The molecule has 7 amide bonds. The Balaban J connectivity index is 0.000000166. The van der Waals surface area contributed by atoms with E-state index in [2.05, 4.69) is 145 Å². The zero-order chi connectivity index (χ0) is 91.3. The first-order chi connectivity index (χ1) is 63.2. The summed E-state index contributed by atoms with van der Waals surface area (Å²) in [6.45, 7) is 22.7. The summed E-state index contributed by atoms with van der Waals surface area (Å²) in [5.41, 5.74) is 8.53. The Hall–Kier alpha value is -10.4. The van der Waals surface area contributed by atoms with E-state index >= 15 is 0 Å². The summed E-state index contributed by atoms with van der Waals surface area (Å²) in [5, 5.41) is 26.2. The van der Waals surface area contributed by atoms with Gasteiger partial charge in [-0.1, -0.05) is 231 Å². The predicted octanol–water partition coefficient (Wildman–Crippen LogP) is 17.3. The molecule has 15 rings (SSSR count). The number of nitrogens with one attached hydrogen (secondary N) is 6. The minimum Gasteiger partial charge on any atom is -0.379 e. The minimum absolute atomic E-state index is 0.000443. The smallest absolute Gasteiger partial charge is 0.251 e. The Morgan fingerprint density at radius 2 is 0.808 bits per heavy atom. The van der Waals surface area contributed by atoms with Gasteiger partial charge in [0.2, 0.25) is 23.6 Å². The molecule has 0 aliphatic carbocycles. The van der Waals surface area contributed by atoms with Gasteiger partial charge in [-0.3, -0.25) is 38.5 Å². The number of carbonyl (C=O) groups is 7. The van der Waals surface area contributed by atoms with E-state index in [0.29, 0.717) is 116 Å². The first kappa shape index (κ1) is 97.2. The topological polar surface area (TPSA) is 220 Å². The van der Waals surface area contributed by atoms with Crippen LogP contribution in [0.2, 0.25) is 15.1 Å². The molecule has 0 bridgehead atoms. The molecule has 5 fully saturated rings. The summed E-state index contributed by atoms with van der Waals surface area (Å²) in [7, 11) is 0. The highest BCUT2D eigenvalue weighted by Gasteiger charge is 2.38. The van der Waals surface area contributed by atoms with E-state index in [9.17, 15) is 33.6 Å². The van der Waals surface area contributed by atoms with Crippen molar-refractivity contribution < 1.29 is 38.3 Å². The molecule has 5 heterocycles. The van der Waals surface area contributed by atoms with E-state index in [-0.39, 0.29) is 89.4 Å². The molecule has 8 atom stereocenters. The number of carbonyl (C=O) groups excluding carboxylic acids is 7. The molecule has 5 aliphatic rings. The van der Waals surface area contributed by atoms with Crippen molar-refractivity contribution >= 4 is 97.7 Å². The summed E-state index contributed by atoms with van der Waals surface area (Å²) >= 11 is 18.3. The molecule has 23 heteroatoms. The second kappa shape index (κ2) is 49.2. The van der Waals surface area contributed by atoms with Gasteiger partial charge in [-0.15, -0.1) is 0 Å². The summed E-state index contributed by atoms with van der Waals surface area (Å²) in [4.78, 5) is 107. The molecule has 0 aromatic heterocycles. The zero-order valence-corrected chi connectivity index (χ0v) is 78.2. The van der Waals surface area contributed by atoms with E-state index in [1.54, 1.807) is 17.9 Å². The van der Waals surface area contributed by atoms with Gasteiger partial charge in [-0.2, -0.15) is 0 Å². The molecule has 0 saturated carbocycles. The lowest BCUT2D eigenvalue weighted by Gasteiger charge is -2.31. The highest BCUT2D eigenvalue weighted by molar-refractivity contribution is 6.32. The van der Waals surface area contributed by atoms with E-state index in [1.165, 1.54) is 41.5 Å². The van der Waals surface area contributed by atoms with Gasteiger partial charge in [0.1, 0.15) is 0 Å². The van der Waals surface area contributed by atoms with Gasteiger partial charge < -0.3 is 61.1 Å². The van der Waals surface area contributed by atoms with Crippen LogP contribution >= 0.6 is 34.8 Å². The summed E-state index contributed by atoms with van der Waals surface area (Å²) in [5.74, 6) is 0.575. The molecular weight excluding hydrogens is 1690 g/mol. The van der Waals surface area contributed by atoms with Gasteiger partial charge in [-0.05, 0) is 213 Å². The average Bonchev–Trinajstić information content (AvgIpc) is 1.43. The van der Waals surface area contributed by atoms with Crippen LogP contribution in [-0.4, -0.2) is 231 Å². The van der Waals surface area contributed by atoms with Gasteiger partial charge in [-0.25, -0.2) is 0 Å². The summed E-state index contributed by atoms with van der Waals surface area (Å²) < 4.78 is 5.54. The molecule has 6 N–H and O–H groups in total. The third-order valence-corrected chi connectivity index (χ3v) is 27.0. The summed E-state index contributed by atoms with van der Waals surface area (Å²) in [6, 6.07) is 78.4. The number of amides is 7. The van der Waals surface area contributed by atoms with Crippen LogP contribution in [0.3, 0.4) is 0 Å². The third-order valence-electron chi connectivity index (χ3n) is 26.3. The van der Waals surface area contributed by atoms with Crippen molar-refractivity contribution in [2.45, 2.75) is 165 Å². The predicted molar refractivity (Wildman–Crippen MR) is 525 cm³/mol.